The van der Waals surface area contributed by atoms with Crippen molar-refractivity contribution in [3.05, 3.63) is 24.0 Å². The van der Waals surface area contributed by atoms with Crippen LogP contribution in [0, 0.1) is 5.82 Å². The Bertz CT molecular complexity index is 237. The topological polar surface area (TPSA) is 32.3 Å². The molecular formula is C7H8FNO. The summed E-state index contributed by atoms with van der Waals surface area (Å²) in [5.74, 6) is -0.501. The molecule has 0 saturated heterocycles. The first kappa shape index (κ1) is 6.86. The number of benzene rings is 1. The smallest absolute Gasteiger partial charge is 0.149 e. The van der Waals surface area contributed by atoms with Gasteiger partial charge in [-0.2, -0.15) is 0 Å². The van der Waals surface area contributed by atoms with Gasteiger partial charge in [0.2, 0.25) is 0 Å². The zero-order valence-electron chi connectivity index (χ0n) is 5.56. The first-order chi connectivity index (χ1) is 4.74. The van der Waals surface area contributed by atoms with Gasteiger partial charge in [0.1, 0.15) is 11.6 Å². The Balaban J connectivity index is 3.07. The molecule has 0 spiro atoms. The van der Waals surface area contributed by atoms with Crippen LogP contribution in [0.15, 0.2) is 18.2 Å². The molecule has 1 rings (SSSR count). The third-order valence-corrected chi connectivity index (χ3v) is 1.22. The summed E-state index contributed by atoms with van der Waals surface area (Å²) in [5, 5.41) is 11.4. The lowest BCUT2D eigenvalue weighted by Gasteiger charge is -2.00. The highest BCUT2D eigenvalue weighted by Gasteiger charge is 1.98. The zero-order valence-corrected chi connectivity index (χ0v) is 5.56. The number of hydrogen-bond donors (Lipinski definition) is 2. The minimum absolute atomic E-state index is 0.0588. The Morgan fingerprint density at radius 1 is 1.50 bits per heavy atom. The van der Waals surface area contributed by atoms with E-state index in [0.717, 1.165) is 6.07 Å². The van der Waals surface area contributed by atoms with Gasteiger partial charge in [-0.05, 0) is 12.1 Å². The molecule has 0 amide bonds. The van der Waals surface area contributed by atoms with Gasteiger partial charge in [0.25, 0.3) is 0 Å². The van der Waals surface area contributed by atoms with Crippen LogP contribution in [0.4, 0.5) is 10.1 Å². The minimum Gasteiger partial charge on any atom is -0.508 e. The van der Waals surface area contributed by atoms with Crippen LogP contribution < -0.4 is 5.32 Å². The summed E-state index contributed by atoms with van der Waals surface area (Å²) in [6, 6.07) is 3.96. The predicted molar refractivity (Wildman–Crippen MR) is 37.6 cm³/mol. The van der Waals surface area contributed by atoms with Crippen molar-refractivity contribution in [2.75, 3.05) is 12.4 Å². The van der Waals surface area contributed by atoms with Gasteiger partial charge in [0, 0.05) is 13.1 Å². The second-order valence-electron chi connectivity index (χ2n) is 1.91. The number of phenolic OH excluding ortho intramolecular Hbond substituents is 1. The summed E-state index contributed by atoms with van der Waals surface area (Å²) in [5.41, 5.74) is 0.387. The second kappa shape index (κ2) is 2.56. The molecule has 0 bridgehead atoms. The highest BCUT2D eigenvalue weighted by molar-refractivity contribution is 5.46. The molecule has 2 nitrogen and oxygen atoms in total. The van der Waals surface area contributed by atoms with Crippen molar-refractivity contribution in [3.63, 3.8) is 0 Å². The fourth-order valence-electron chi connectivity index (χ4n) is 0.707. The zero-order chi connectivity index (χ0) is 7.56. The van der Waals surface area contributed by atoms with E-state index in [0.29, 0.717) is 5.69 Å². The van der Waals surface area contributed by atoms with E-state index in [2.05, 4.69) is 5.32 Å². The van der Waals surface area contributed by atoms with Crippen molar-refractivity contribution >= 4 is 5.69 Å². The van der Waals surface area contributed by atoms with Crippen molar-refractivity contribution in [1.82, 2.24) is 0 Å². The molecule has 0 atom stereocenters. The molecule has 10 heavy (non-hydrogen) atoms. The fourth-order valence-corrected chi connectivity index (χ4v) is 0.707. The standard InChI is InChI=1S/C7H8FNO/c1-9-7-3-2-5(10)4-6(7)8/h2-4,9-10H,1H3. The highest BCUT2D eigenvalue weighted by Crippen LogP contribution is 2.18. The maximum absolute atomic E-state index is 12.6. The molecule has 0 heterocycles. The van der Waals surface area contributed by atoms with Crippen LogP contribution in [-0.2, 0) is 0 Å². The lowest BCUT2D eigenvalue weighted by atomic mass is 10.3. The monoisotopic (exact) mass is 141 g/mol. The molecule has 0 radical (unpaired) electrons. The SMILES string of the molecule is CNc1ccc(O)cc1F. The maximum Gasteiger partial charge on any atom is 0.149 e. The summed E-state index contributed by atoms with van der Waals surface area (Å²) < 4.78 is 12.6. The third kappa shape index (κ3) is 1.18. The van der Waals surface area contributed by atoms with E-state index in [-0.39, 0.29) is 5.75 Å². The average Bonchev–Trinajstić information content (AvgIpc) is 1.88. The Hall–Kier alpha value is -1.25. The summed E-state index contributed by atoms with van der Waals surface area (Å²) in [7, 11) is 1.62. The Morgan fingerprint density at radius 3 is 2.70 bits per heavy atom. The van der Waals surface area contributed by atoms with E-state index in [1.54, 1.807) is 7.05 Å². The first-order valence-electron chi connectivity index (χ1n) is 2.90. The largest absolute Gasteiger partial charge is 0.508 e. The van der Waals surface area contributed by atoms with Crippen LogP contribution in [-0.4, -0.2) is 12.2 Å². The van der Waals surface area contributed by atoms with Gasteiger partial charge in [0.15, 0.2) is 0 Å². The molecule has 1 aromatic carbocycles. The van der Waals surface area contributed by atoms with Crippen LogP contribution in [0.5, 0.6) is 5.75 Å². The molecule has 2 N–H and O–H groups in total. The normalized spacial score (nSPS) is 9.40. The molecule has 54 valence electrons. The number of halogens is 1. The summed E-state index contributed by atoms with van der Waals surface area (Å²) >= 11 is 0. The van der Waals surface area contributed by atoms with Crippen LogP contribution >= 0.6 is 0 Å². The van der Waals surface area contributed by atoms with Crippen LogP contribution in [0.3, 0.4) is 0 Å². The van der Waals surface area contributed by atoms with E-state index in [1.165, 1.54) is 12.1 Å². The van der Waals surface area contributed by atoms with Gasteiger partial charge < -0.3 is 10.4 Å². The third-order valence-electron chi connectivity index (χ3n) is 1.22. The average molecular weight is 141 g/mol. The van der Waals surface area contributed by atoms with E-state index in [9.17, 15) is 4.39 Å². The fraction of sp³-hybridized carbons (Fsp3) is 0.143. The van der Waals surface area contributed by atoms with Crippen molar-refractivity contribution in [2.45, 2.75) is 0 Å². The van der Waals surface area contributed by atoms with E-state index < -0.39 is 5.82 Å². The van der Waals surface area contributed by atoms with Gasteiger partial charge >= 0.3 is 0 Å². The van der Waals surface area contributed by atoms with E-state index in [4.69, 9.17) is 5.11 Å². The Labute approximate surface area is 58.3 Å². The number of nitrogens with one attached hydrogen (secondary N) is 1. The summed E-state index contributed by atoms with van der Waals surface area (Å²) in [4.78, 5) is 0. The number of aromatic hydroxyl groups is 1. The maximum atomic E-state index is 12.6. The molecule has 1 aromatic rings. The number of rotatable bonds is 1. The van der Waals surface area contributed by atoms with Crippen molar-refractivity contribution in [3.8, 4) is 5.75 Å². The molecule has 0 aliphatic carbocycles. The summed E-state index contributed by atoms with van der Waals surface area (Å²) in [6.45, 7) is 0. The molecule has 0 aromatic heterocycles. The minimum atomic E-state index is -0.442. The molecule has 0 saturated carbocycles. The van der Waals surface area contributed by atoms with Crippen molar-refractivity contribution in [2.24, 2.45) is 0 Å². The Morgan fingerprint density at radius 2 is 2.20 bits per heavy atom. The van der Waals surface area contributed by atoms with Crippen LogP contribution in [0.25, 0.3) is 0 Å². The lowest BCUT2D eigenvalue weighted by Crippen LogP contribution is -1.90. The van der Waals surface area contributed by atoms with E-state index >= 15 is 0 Å². The molecule has 0 unspecified atom stereocenters. The quantitative estimate of drug-likeness (QED) is 0.582. The second-order valence-corrected chi connectivity index (χ2v) is 1.91. The van der Waals surface area contributed by atoms with Crippen LogP contribution in [0.1, 0.15) is 0 Å². The summed E-state index contributed by atoms with van der Waals surface area (Å²) in [6.07, 6.45) is 0. The van der Waals surface area contributed by atoms with E-state index in [1.807, 2.05) is 0 Å². The highest BCUT2D eigenvalue weighted by atomic mass is 19.1. The first-order valence-corrected chi connectivity index (χ1v) is 2.90. The van der Waals surface area contributed by atoms with Crippen molar-refractivity contribution < 1.29 is 9.50 Å². The van der Waals surface area contributed by atoms with Gasteiger partial charge in [-0.3, -0.25) is 0 Å². The van der Waals surface area contributed by atoms with Gasteiger partial charge in [-0.1, -0.05) is 0 Å². The molecule has 3 heteroatoms. The molecule has 0 aliphatic rings. The van der Waals surface area contributed by atoms with Crippen LogP contribution in [0.2, 0.25) is 0 Å². The van der Waals surface area contributed by atoms with Gasteiger partial charge in [-0.25, -0.2) is 4.39 Å². The lowest BCUT2D eigenvalue weighted by molar-refractivity contribution is 0.469. The number of anilines is 1. The Kier molecular flexibility index (Phi) is 1.76. The molecule has 0 aliphatic heterocycles. The molecule has 0 fully saturated rings. The molecular weight excluding hydrogens is 133 g/mol. The van der Waals surface area contributed by atoms with Gasteiger partial charge in [0.05, 0.1) is 5.69 Å². The van der Waals surface area contributed by atoms with Gasteiger partial charge in [-0.15, -0.1) is 0 Å². The predicted octanol–water partition coefficient (Wildman–Crippen LogP) is 1.57. The number of hydrogen-bond acceptors (Lipinski definition) is 2. The number of phenols is 1. The van der Waals surface area contributed by atoms with Crippen molar-refractivity contribution in [1.29, 1.82) is 0 Å².